The highest BCUT2D eigenvalue weighted by Crippen LogP contribution is 2.25. The van der Waals surface area contributed by atoms with Crippen molar-refractivity contribution >= 4 is 11.7 Å². The van der Waals surface area contributed by atoms with E-state index in [1.54, 1.807) is 29.5 Å². The molecule has 1 saturated heterocycles. The number of nitrogens with zero attached hydrogens (tertiary/aromatic N) is 6. The molecule has 1 N–H and O–H groups in total. The van der Waals surface area contributed by atoms with Crippen molar-refractivity contribution in [3.05, 3.63) is 54.7 Å². The lowest BCUT2D eigenvalue weighted by Crippen LogP contribution is -2.32. The Kier molecular flexibility index (Phi) is 4.49. The maximum atomic E-state index is 12.7. The Bertz CT molecular complexity index is 879. The Morgan fingerprint density at radius 3 is 2.69 bits per heavy atom. The van der Waals surface area contributed by atoms with Gasteiger partial charge in [-0.3, -0.25) is 9.36 Å². The number of benzene rings is 1. The molecular formula is C18H21N7O. The molecule has 0 radical (unpaired) electrons. The molecule has 0 atom stereocenters. The predicted molar refractivity (Wildman–Crippen MR) is 97.3 cm³/mol. The Hall–Kier alpha value is -3.00. The van der Waals surface area contributed by atoms with Crippen molar-refractivity contribution in [1.29, 1.82) is 0 Å². The van der Waals surface area contributed by atoms with E-state index < -0.39 is 0 Å². The van der Waals surface area contributed by atoms with Crippen LogP contribution < -0.4 is 5.32 Å². The monoisotopic (exact) mass is 351 g/mol. The number of likely N-dealkylation sites (tertiary alicyclic amines) is 1. The summed E-state index contributed by atoms with van der Waals surface area (Å²) in [4.78, 5) is 15.0. The maximum Gasteiger partial charge on any atom is 0.256 e. The van der Waals surface area contributed by atoms with Crippen molar-refractivity contribution in [3.8, 4) is 5.69 Å². The number of aromatic nitrogens is 5. The lowest BCUT2D eigenvalue weighted by Gasteiger charge is -2.30. The van der Waals surface area contributed by atoms with Gasteiger partial charge in [-0.2, -0.15) is 5.10 Å². The molecule has 3 heterocycles. The SMILES string of the molecule is CN1CCC(n2nccc2NC(=O)c2cccc(-n3cnnc3)c2)CC1. The summed E-state index contributed by atoms with van der Waals surface area (Å²) in [6, 6.07) is 9.52. The van der Waals surface area contributed by atoms with Gasteiger partial charge in [0.15, 0.2) is 0 Å². The molecule has 134 valence electrons. The number of piperidine rings is 1. The van der Waals surface area contributed by atoms with Gasteiger partial charge in [0.1, 0.15) is 18.5 Å². The number of rotatable bonds is 4. The van der Waals surface area contributed by atoms with E-state index in [0.717, 1.165) is 37.4 Å². The van der Waals surface area contributed by atoms with E-state index in [4.69, 9.17) is 0 Å². The summed E-state index contributed by atoms with van der Waals surface area (Å²) in [5.74, 6) is 0.578. The van der Waals surface area contributed by atoms with Gasteiger partial charge in [-0.15, -0.1) is 10.2 Å². The summed E-state index contributed by atoms with van der Waals surface area (Å²) >= 11 is 0. The second-order valence-electron chi connectivity index (χ2n) is 6.57. The molecule has 26 heavy (non-hydrogen) atoms. The van der Waals surface area contributed by atoms with Crippen LogP contribution in [-0.2, 0) is 0 Å². The number of hydrogen-bond acceptors (Lipinski definition) is 5. The lowest BCUT2D eigenvalue weighted by molar-refractivity contribution is 0.102. The number of hydrogen-bond donors (Lipinski definition) is 1. The van der Waals surface area contributed by atoms with Gasteiger partial charge < -0.3 is 10.2 Å². The van der Waals surface area contributed by atoms with E-state index in [2.05, 4.69) is 32.6 Å². The van der Waals surface area contributed by atoms with E-state index in [0.29, 0.717) is 11.6 Å². The lowest BCUT2D eigenvalue weighted by atomic mass is 10.1. The first-order valence-electron chi connectivity index (χ1n) is 8.69. The standard InChI is InChI=1S/C18H21N7O/c1-23-9-6-15(7-10-23)25-17(5-8-21-25)22-18(26)14-3-2-4-16(11-14)24-12-19-20-13-24/h2-5,8,11-13,15H,6-7,9-10H2,1H3,(H,22,26). The molecule has 0 aliphatic carbocycles. The molecule has 0 spiro atoms. The molecule has 3 aromatic rings. The van der Waals surface area contributed by atoms with Gasteiger partial charge in [-0.1, -0.05) is 6.07 Å². The first kappa shape index (κ1) is 16.5. The summed E-state index contributed by atoms with van der Waals surface area (Å²) in [5, 5.41) is 15.0. The zero-order valence-corrected chi connectivity index (χ0v) is 14.6. The predicted octanol–water partition coefficient (Wildman–Crippen LogP) is 1.98. The third-order valence-electron chi connectivity index (χ3n) is 4.77. The van der Waals surface area contributed by atoms with Crippen molar-refractivity contribution in [2.24, 2.45) is 0 Å². The average molecular weight is 351 g/mol. The largest absolute Gasteiger partial charge is 0.307 e. The third kappa shape index (κ3) is 3.36. The summed E-state index contributed by atoms with van der Waals surface area (Å²) < 4.78 is 3.70. The first-order chi connectivity index (χ1) is 12.7. The van der Waals surface area contributed by atoms with Crippen LogP contribution >= 0.6 is 0 Å². The molecular weight excluding hydrogens is 330 g/mol. The Balaban J connectivity index is 1.51. The minimum absolute atomic E-state index is 0.158. The second kappa shape index (κ2) is 7.09. The van der Waals surface area contributed by atoms with Crippen LogP contribution in [0.5, 0.6) is 0 Å². The molecule has 4 rings (SSSR count). The molecule has 1 aliphatic heterocycles. The minimum Gasteiger partial charge on any atom is -0.307 e. The fraction of sp³-hybridized carbons (Fsp3) is 0.333. The number of carbonyl (C=O) groups is 1. The van der Waals surface area contributed by atoms with Crippen LogP contribution in [0.3, 0.4) is 0 Å². The highest BCUT2D eigenvalue weighted by atomic mass is 16.1. The highest BCUT2D eigenvalue weighted by Gasteiger charge is 2.21. The van der Waals surface area contributed by atoms with Gasteiger partial charge in [0.2, 0.25) is 0 Å². The van der Waals surface area contributed by atoms with Crippen molar-refractivity contribution in [3.63, 3.8) is 0 Å². The van der Waals surface area contributed by atoms with Crippen molar-refractivity contribution in [2.75, 3.05) is 25.5 Å². The second-order valence-corrected chi connectivity index (χ2v) is 6.57. The van der Waals surface area contributed by atoms with Crippen molar-refractivity contribution in [2.45, 2.75) is 18.9 Å². The van der Waals surface area contributed by atoms with Gasteiger partial charge in [-0.05, 0) is 51.2 Å². The number of anilines is 1. The fourth-order valence-corrected chi connectivity index (χ4v) is 3.27. The van der Waals surface area contributed by atoms with Gasteiger partial charge in [0.25, 0.3) is 5.91 Å². The summed E-state index contributed by atoms with van der Waals surface area (Å²) in [7, 11) is 2.13. The highest BCUT2D eigenvalue weighted by molar-refractivity contribution is 6.04. The van der Waals surface area contributed by atoms with Crippen LogP contribution in [-0.4, -0.2) is 55.5 Å². The van der Waals surface area contributed by atoms with E-state index in [1.807, 2.05) is 28.9 Å². The molecule has 0 unspecified atom stereocenters. The molecule has 8 heteroatoms. The normalized spacial score (nSPS) is 15.9. The zero-order chi connectivity index (χ0) is 17.9. The Labute approximate surface area is 151 Å². The Morgan fingerprint density at radius 1 is 1.15 bits per heavy atom. The van der Waals surface area contributed by atoms with E-state index in [1.165, 1.54) is 0 Å². The van der Waals surface area contributed by atoms with Gasteiger partial charge in [0, 0.05) is 17.3 Å². The van der Waals surface area contributed by atoms with Crippen LogP contribution in [0, 0.1) is 0 Å². The van der Waals surface area contributed by atoms with Gasteiger partial charge >= 0.3 is 0 Å². The molecule has 2 aromatic heterocycles. The topological polar surface area (TPSA) is 80.9 Å². The summed E-state index contributed by atoms with van der Waals surface area (Å²) in [6.45, 7) is 2.08. The maximum absolute atomic E-state index is 12.7. The summed E-state index contributed by atoms with van der Waals surface area (Å²) in [5.41, 5.74) is 1.42. The quantitative estimate of drug-likeness (QED) is 0.777. The molecule has 1 fully saturated rings. The van der Waals surface area contributed by atoms with Crippen LogP contribution in [0.25, 0.3) is 5.69 Å². The molecule has 1 amide bonds. The Morgan fingerprint density at radius 2 is 1.92 bits per heavy atom. The van der Waals surface area contributed by atoms with Crippen molar-refractivity contribution < 1.29 is 4.79 Å². The molecule has 0 saturated carbocycles. The average Bonchev–Trinajstić information content (AvgIpc) is 3.34. The van der Waals surface area contributed by atoms with E-state index in [9.17, 15) is 4.79 Å². The van der Waals surface area contributed by atoms with Crippen LogP contribution in [0.1, 0.15) is 29.2 Å². The van der Waals surface area contributed by atoms with Crippen LogP contribution in [0.2, 0.25) is 0 Å². The van der Waals surface area contributed by atoms with Crippen LogP contribution in [0.4, 0.5) is 5.82 Å². The number of nitrogens with one attached hydrogen (secondary N) is 1. The third-order valence-corrected chi connectivity index (χ3v) is 4.77. The number of amides is 1. The number of carbonyl (C=O) groups excluding carboxylic acids is 1. The van der Waals surface area contributed by atoms with Gasteiger partial charge in [-0.25, -0.2) is 4.68 Å². The molecule has 1 aliphatic rings. The molecule has 0 bridgehead atoms. The zero-order valence-electron chi connectivity index (χ0n) is 14.6. The minimum atomic E-state index is -0.158. The fourth-order valence-electron chi connectivity index (χ4n) is 3.27. The summed E-state index contributed by atoms with van der Waals surface area (Å²) in [6.07, 6.45) is 7.01. The van der Waals surface area contributed by atoms with E-state index in [-0.39, 0.29) is 5.91 Å². The first-order valence-corrected chi connectivity index (χ1v) is 8.69. The molecule has 8 nitrogen and oxygen atoms in total. The smallest absolute Gasteiger partial charge is 0.256 e. The van der Waals surface area contributed by atoms with Gasteiger partial charge in [0.05, 0.1) is 12.2 Å². The van der Waals surface area contributed by atoms with Crippen LogP contribution in [0.15, 0.2) is 49.2 Å². The molecule has 1 aromatic carbocycles. The van der Waals surface area contributed by atoms with Crippen molar-refractivity contribution in [1.82, 2.24) is 29.4 Å². The van der Waals surface area contributed by atoms with E-state index >= 15 is 0 Å².